The summed E-state index contributed by atoms with van der Waals surface area (Å²) in [5.74, 6) is 1.67. The van der Waals surface area contributed by atoms with Crippen LogP contribution in [0.1, 0.15) is 184 Å². The second kappa shape index (κ2) is 28.0. The van der Waals surface area contributed by atoms with Crippen molar-refractivity contribution in [1.82, 2.24) is 44.5 Å². The summed E-state index contributed by atoms with van der Waals surface area (Å²) in [6.07, 6.45) is 5.93. The maximum atomic E-state index is 15.0. The molecular formula is C65H131F3N10O2. The molecule has 0 bridgehead atoms. The molecule has 2 aliphatic carbocycles. The molecule has 14 atom stereocenters. The summed E-state index contributed by atoms with van der Waals surface area (Å²) in [5.41, 5.74) is 3.93. The highest BCUT2D eigenvalue weighted by molar-refractivity contribution is 5.22. The lowest BCUT2D eigenvalue weighted by Crippen LogP contribution is -2.49. The van der Waals surface area contributed by atoms with E-state index in [4.69, 9.17) is 15.2 Å². The van der Waals surface area contributed by atoms with E-state index in [0.717, 1.165) is 82.6 Å². The molecule has 3 N–H and O–H groups in total. The number of morpholine rings is 2. The van der Waals surface area contributed by atoms with Crippen LogP contribution in [0.15, 0.2) is 0 Å². The van der Waals surface area contributed by atoms with Gasteiger partial charge in [0.05, 0.1) is 26.4 Å². The van der Waals surface area contributed by atoms with Gasteiger partial charge in [0.25, 0.3) is 0 Å². The van der Waals surface area contributed by atoms with Crippen molar-refractivity contribution in [2.45, 2.75) is 265 Å². The van der Waals surface area contributed by atoms with Crippen LogP contribution in [-0.2, 0) is 9.47 Å². The van der Waals surface area contributed by atoms with Gasteiger partial charge in [-0.05, 0) is 201 Å². The van der Waals surface area contributed by atoms with E-state index in [-0.39, 0.29) is 17.6 Å². The van der Waals surface area contributed by atoms with E-state index in [1.807, 2.05) is 25.9 Å². The number of piperidine rings is 2. The number of nitrogens with one attached hydrogen (secondary N) is 1. The summed E-state index contributed by atoms with van der Waals surface area (Å²) in [6, 6.07) is 4.07. The Labute approximate surface area is 492 Å². The fourth-order valence-electron chi connectivity index (χ4n) is 16.0. The molecule has 9 rings (SSSR count). The average molecular weight is 1140 g/mol. The van der Waals surface area contributed by atoms with Crippen LogP contribution in [0, 0.1) is 22.7 Å². The third-order valence-corrected chi connectivity index (χ3v) is 19.6. The Bertz CT molecular complexity index is 1850. The predicted molar refractivity (Wildman–Crippen MR) is 333 cm³/mol. The number of hydrogen-bond acceptors (Lipinski definition) is 12. The van der Waals surface area contributed by atoms with Gasteiger partial charge in [0.15, 0.2) is 0 Å². The van der Waals surface area contributed by atoms with Gasteiger partial charge in [-0.3, -0.25) is 29.4 Å². The van der Waals surface area contributed by atoms with Crippen molar-refractivity contribution in [3.8, 4) is 0 Å². The first-order chi connectivity index (χ1) is 36.5. The summed E-state index contributed by atoms with van der Waals surface area (Å²) < 4.78 is 53.4. The highest BCUT2D eigenvalue weighted by Gasteiger charge is 2.69. The molecule has 15 heteroatoms. The number of fused-ring (bicyclic) bond motifs is 2. The second-order valence-electron chi connectivity index (χ2n) is 32.2. The van der Waals surface area contributed by atoms with Gasteiger partial charge in [-0.25, -0.2) is 13.2 Å². The minimum atomic E-state index is -1.13. The fourth-order valence-corrected chi connectivity index (χ4v) is 16.0. The number of likely N-dealkylation sites (tertiary alicyclic amines) is 4. The van der Waals surface area contributed by atoms with Crippen molar-refractivity contribution in [1.29, 1.82) is 0 Å². The van der Waals surface area contributed by atoms with Crippen LogP contribution >= 0.6 is 0 Å². The van der Waals surface area contributed by atoms with Crippen LogP contribution in [0.2, 0.25) is 0 Å². The van der Waals surface area contributed by atoms with E-state index in [2.05, 4.69) is 192 Å². The zero-order valence-corrected chi connectivity index (χ0v) is 56.9. The Morgan fingerprint density at radius 2 is 0.950 bits per heavy atom. The van der Waals surface area contributed by atoms with Gasteiger partial charge in [-0.2, -0.15) is 0 Å². The number of nitrogens with zero attached hydrogens (tertiary/aromatic N) is 8. The quantitative estimate of drug-likeness (QED) is 0.231. The molecule has 7 saturated heterocycles. The fraction of sp³-hybridized carbons (Fsp3) is 1.00. The van der Waals surface area contributed by atoms with Gasteiger partial charge in [-0.15, -0.1) is 0 Å². The normalized spacial score (nSPS) is 39.0. The maximum absolute atomic E-state index is 15.0. The molecule has 2 unspecified atom stereocenters. The minimum absolute atomic E-state index is 0.0538. The maximum Gasteiger partial charge on any atom is 0.137 e. The monoisotopic (exact) mass is 1140 g/mol. The Kier molecular flexibility index (Phi) is 25.1. The van der Waals surface area contributed by atoms with Crippen LogP contribution in [0.3, 0.4) is 0 Å². The van der Waals surface area contributed by atoms with Crippen molar-refractivity contribution >= 4 is 0 Å². The summed E-state index contributed by atoms with van der Waals surface area (Å²) in [4.78, 5) is 19.3. The van der Waals surface area contributed by atoms with E-state index in [1.165, 1.54) is 32.4 Å². The highest BCUT2D eigenvalue weighted by Crippen LogP contribution is 2.65. The minimum Gasteiger partial charge on any atom is -0.379 e. The van der Waals surface area contributed by atoms with Crippen LogP contribution in [-0.4, -0.2) is 254 Å². The molecule has 9 fully saturated rings. The molecule has 9 aliphatic rings. The molecule has 2 saturated carbocycles. The zero-order valence-electron chi connectivity index (χ0n) is 56.9. The van der Waals surface area contributed by atoms with Gasteiger partial charge in [0.2, 0.25) is 0 Å². The van der Waals surface area contributed by atoms with Crippen molar-refractivity contribution in [3.63, 3.8) is 0 Å². The molecule has 80 heavy (non-hydrogen) atoms. The molecule has 0 aromatic heterocycles. The Morgan fingerprint density at radius 3 is 1.29 bits per heavy atom. The Balaban J connectivity index is 0.000000216. The molecule has 474 valence electrons. The SMILES string of the molecule is CCC.C[C@@H]1C(CN(C)C)[C@@]2(C)C[C@H]2N1C(C)(C)C.C[C@@H]1C(CN2CCOCC2)[C@@]2(C)C[C@H]2N1C(C)(C)C.C[C@@H]1C[C@](F)(CN(C)C)CN1C(C)(C)C.C[C@@H]1C[C@](F)(CN)CN1.C[C@@H]1C[C@](F)(CN2CCOCC2)CN1C(C)(C)C. The third-order valence-electron chi connectivity index (χ3n) is 19.6. The summed E-state index contributed by atoms with van der Waals surface area (Å²) in [6.45, 7) is 60.2. The lowest BCUT2D eigenvalue weighted by atomic mass is 9.86. The van der Waals surface area contributed by atoms with Crippen molar-refractivity contribution < 1.29 is 22.6 Å². The lowest BCUT2D eigenvalue weighted by Gasteiger charge is -2.41. The van der Waals surface area contributed by atoms with Gasteiger partial charge < -0.3 is 30.3 Å². The van der Waals surface area contributed by atoms with Crippen LogP contribution in [0.25, 0.3) is 0 Å². The van der Waals surface area contributed by atoms with Crippen molar-refractivity contribution in [2.24, 2.45) is 28.4 Å². The zero-order chi connectivity index (χ0) is 61.0. The first-order valence-electron chi connectivity index (χ1n) is 32.0. The Morgan fingerprint density at radius 1 is 0.550 bits per heavy atom. The van der Waals surface area contributed by atoms with Crippen LogP contribution in [0.5, 0.6) is 0 Å². The number of rotatable bonds is 9. The summed E-state index contributed by atoms with van der Waals surface area (Å²) in [5, 5.41) is 3.01. The van der Waals surface area contributed by atoms with Crippen molar-refractivity contribution in [3.05, 3.63) is 0 Å². The van der Waals surface area contributed by atoms with E-state index in [1.54, 1.807) is 0 Å². The standard InChI is InChI=1S/C16H30N2O.C14H27FN2O.C14H28N2.C12H25FN2.C6H13FN2.C3H8/c1-12-13(11-17-6-8-19-9-7-17)16(5)10-14(16)18(12)15(2,3)4;1-12-9-14(15,11-17(12)13(2,3)4)10-16-5-7-18-8-6-16;1-10-11(9-15(6)7)14(5)8-12(14)16(10)13(2,3)4;1-10-7-12(13,8-14(5)6)9-15(10)11(2,3)4;1-5-2-6(7,3-8)4-9-5;1-3-2/h12-14H,6-11H2,1-5H3;12H,5-11H2,1-4H3;10-12H,8-9H2,1-7H3;10H,7-9H2,1-6H3;5,9H,2-4,8H2,1H3;3H2,1-2H3/t12-,13?,14-,16-;12-,14+;10-,11?,12-,14-;10-,12+;5-,6+;/m11111./s1. The second-order valence-corrected chi connectivity index (χ2v) is 32.2. The van der Waals surface area contributed by atoms with E-state index < -0.39 is 17.0 Å². The molecule has 7 aliphatic heterocycles. The number of alkyl halides is 3. The number of halogens is 3. The molecule has 0 aromatic carbocycles. The van der Waals surface area contributed by atoms with Crippen molar-refractivity contribution in [2.75, 3.05) is 133 Å². The molecule has 0 spiro atoms. The first-order valence-corrected chi connectivity index (χ1v) is 32.0. The Hall–Kier alpha value is -0.690. The largest absolute Gasteiger partial charge is 0.379 e. The molecular weight excluding hydrogens is 1010 g/mol. The molecule has 0 radical (unpaired) electrons. The lowest BCUT2D eigenvalue weighted by molar-refractivity contribution is 0.00493. The average Bonchev–Trinajstić information content (AvgIpc) is 3.88. The van der Waals surface area contributed by atoms with E-state index >= 15 is 4.39 Å². The topological polar surface area (TPSA) is 82.4 Å². The predicted octanol–water partition coefficient (Wildman–Crippen LogP) is 10.2. The number of ether oxygens (including phenoxy) is 2. The van der Waals surface area contributed by atoms with Crippen LogP contribution in [0.4, 0.5) is 13.2 Å². The van der Waals surface area contributed by atoms with Gasteiger partial charge in [-0.1, -0.05) is 34.1 Å². The highest BCUT2D eigenvalue weighted by atomic mass is 19.2. The molecule has 0 aromatic rings. The molecule has 7 heterocycles. The smallest absolute Gasteiger partial charge is 0.137 e. The third kappa shape index (κ3) is 19.2. The van der Waals surface area contributed by atoms with Gasteiger partial charge in [0.1, 0.15) is 17.0 Å². The summed E-state index contributed by atoms with van der Waals surface area (Å²) >= 11 is 0. The number of nitrogens with two attached hydrogens (primary N) is 1. The first kappa shape index (κ1) is 71.8. The number of hydrogen-bond donors (Lipinski definition) is 2. The van der Waals surface area contributed by atoms with E-state index in [0.29, 0.717) is 98.1 Å². The molecule has 12 nitrogen and oxygen atoms in total. The van der Waals surface area contributed by atoms with Gasteiger partial charge >= 0.3 is 0 Å². The van der Waals surface area contributed by atoms with E-state index in [9.17, 15) is 8.78 Å². The summed E-state index contributed by atoms with van der Waals surface area (Å²) in [7, 11) is 8.28. The van der Waals surface area contributed by atoms with Crippen LogP contribution < -0.4 is 11.1 Å². The van der Waals surface area contributed by atoms with Gasteiger partial charge in [0, 0.05) is 143 Å². The molecule has 0 amide bonds.